The number of carbonyl (C=O) groups excluding carboxylic acids is 2. The summed E-state index contributed by atoms with van der Waals surface area (Å²) in [5, 5.41) is 5.95. The van der Waals surface area contributed by atoms with Crippen LogP contribution in [0.5, 0.6) is 0 Å². The predicted molar refractivity (Wildman–Crippen MR) is 87.9 cm³/mol. The quantitative estimate of drug-likeness (QED) is 0.802. The van der Waals surface area contributed by atoms with Crippen LogP contribution in [0.25, 0.3) is 0 Å². The van der Waals surface area contributed by atoms with Gasteiger partial charge in [-0.25, -0.2) is 4.79 Å². The van der Waals surface area contributed by atoms with Gasteiger partial charge in [0.05, 0.1) is 12.7 Å². The van der Waals surface area contributed by atoms with E-state index in [2.05, 4.69) is 20.4 Å². The van der Waals surface area contributed by atoms with Gasteiger partial charge >= 0.3 is 5.97 Å². The summed E-state index contributed by atoms with van der Waals surface area (Å²) in [5.41, 5.74) is 2.37. The molecule has 0 aliphatic carbocycles. The van der Waals surface area contributed by atoms with E-state index in [-0.39, 0.29) is 11.9 Å². The van der Waals surface area contributed by atoms with Gasteiger partial charge in [-0.2, -0.15) is 0 Å². The number of pyridine rings is 1. The number of rotatable bonds is 6. The highest BCUT2D eigenvalue weighted by molar-refractivity contribution is 5.93. The second-order valence-corrected chi connectivity index (χ2v) is 4.88. The van der Waals surface area contributed by atoms with Crippen molar-refractivity contribution in [2.45, 2.75) is 13.3 Å². The Morgan fingerprint density at radius 2 is 1.87 bits per heavy atom. The monoisotopic (exact) mass is 313 g/mol. The molecular formula is C17H19N3O3. The molecule has 0 aliphatic heterocycles. The molecule has 6 nitrogen and oxygen atoms in total. The summed E-state index contributed by atoms with van der Waals surface area (Å²) in [6, 6.07) is 10.3. The van der Waals surface area contributed by atoms with Crippen molar-refractivity contribution >= 4 is 23.3 Å². The zero-order chi connectivity index (χ0) is 16.7. The highest BCUT2D eigenvalue weighted by Crippen LogP contribution is 2.17. The molecule has 0 aliphatic rings. The number of carbonyl (C=O) groups is 2. The van der Waals surface area contributed by atoms with Crippen molar-refractivity contribution in [2.24, 2.45) is 0 Å². The van der Waals surface area contributed by atoms with Gasteiger partial charge in [-0.15, -0.1) is 0 Å². The van der Waals surface area contributed by atoms with Crippen LogP contribution >= 0.6 is 0 Å². The van der Waals surface area contributed by atoms with E-state index < -0.39 is 0 Å². The number of anilines is 2. The first-order valence-electron chi connectivity index (χ1n) is 7.33. The number of esters is 1. The molecule has 6 heteroatoms. The molecule has 0 unspecified atom stereocenters. The van der Waals surface area contributed by atoms with Crippen LogP contribution in [-0.4, -0.2) is 30.5 Å². The summed E-state index contributed by atoms with van der Waals surface area (Å²) in [5.74, 6) is -0.577. The first kappa shape index (κ1) is 16.5. The van der Waals surface area contributed by atoms with Gasteiger partial charge in [-0.05, 0) is 42.8 Å². The average molecular weight is 313 g/mol. The summed E-state index contributed by atoms with van der Waals surface area (Å²) in [6.07, 6.45) is 2.45. The lowest BCUT2D eigenvalue weighted by atomic mass is 10.2. The van der Waals surface area contributed by atoms with E-state index >= 15 is 0 Å². The smallest absolute Gasteiger partial charge is 0.337 e. The Morgan fingerprint density at radius 3 is 2.52 bits per heavy atom. The molecule has 1 aromatic carbocycles. The minimum absolute atomic E-state index is 0.198. The highest BCUT2D eigenvalue weighted by atomic mass is 16.5. The first-order valence-corrected chi connectivity index (χ1v) is 7.33. The van der Waals surface area contributed by atoms with Gasteiger partial charge in [-0.1, -0.05) is 6.92 Å². The van der Waals surface area contributed by atoms with Crippen molar-refractivity contribution in [1.29, 1.82) is 0 Å². The zero-order valence-electron chi connectivity index (χ0n) is 13.1. The minimum atomic E-state index is -0.379. The van der Waals surface area contributed by atoms with Gasteiger partial charge < -0.3 is 15.4 Å². The van der Waals surface area contributed by atoms with Crippen molar-refractivity contribution in [2.75, 3.05) is 19.0 Å². The molecule has 2 aromatic rings. The molecule has 0 radical (unpaired) electrons. The number of aromatic nitrogens is 1. The Labute approximate surface area is 134 Å². The fourth-order valence-electron chi connectivity index (χ4n) is 1.94. The van der Waals surface area contributed by atoms with E-state index in [0.717, 1.165) is 17.8 Å². The van der Waals surface area contributed by atoms with Crippen molar-refractivity contribution in [3.05, 3.63) is 53.9 Å². The van der Waals surface area contributed by atoms with Crippen molar-refractivity contribution < 1.29 is 14.3 Å². The fourth-order valence-corrected chi connectivity index (χ4v) is 1.94. The highest BCUT2D eigenvalue weighted by Gasteiger charge is 2.08. The minimum Gasteiger partial charge on any atom is -0.465 e. The number of hydrogen-bond acceptors (Lipinski definition) is 5. The molecule has 1 heterocycles. The topological polar surface area (TPSA) is 80.3 Å². The van der Waals surface area contributed by atoms with Crippen LogP contribution in [0.15, 0.2) is 42.6 Å². The van der Waals surface area contributed by atoms with Crippen LogP contribution < -0.4 is 10.6 Å². The third-order valence-corrected chi connectivity index (χ3v) is 3.12. The molecule has 23 heavy (non-hydrogen) atoms. The fraction of sp³-hybridized carbons (Fsp3) is 0.235. The molecule has 1 aromatic heterocycles. The standard InChI is InChI=1S/C17H19N3O3/c1-3-9-19-16(21)15-11-14(8-10-18-15)20-13-6-4-12(5-7-13)17(22)23-2/h4-8,10-11H,3,9H2,1-2H3,(H,18,20)(H,19,21). The summed E-state index contributed by atoms with van der Waals surface area (Å²) >= 11 is 0. The molecule has 0 atom stereocenters. The van der Waals surface area contributed by atoms with E-state index in [0.29, 0.717) is 17.8 Å². The van der Waals surface area contributed by atoms with Crippen molar-refractivity contribution in [3.63, 3.8) is 0 Å². The molecular weight excluding hydrogens is 294 g/mol. The molecule has 0 spiro atoms. The summed E-state index contributed by atoms with van der Waals surface area (Å²) < 4.78 is 4.66. The predicted octanol–water partition coefficient (Wildman–Crippen LogP) is 2.75. The average Bonchev–Trinajstić information content (AvgIpc) is 2.60. The van der Waals surface area contributed by atoms with E-state index in [4.69, 9.17) is 0 Å². The molecule has 0 saturated heterocycles. The lowest BCUT2D eigenvalue weighted by Crippen LogP contribution is -2.24. The molecule has 2 N–H and O–H groups in total. The Bertz CT molecular complexity index is 684. The lowest BCUT2D eigenvalue weighted by Gasteiger charge is -2.09. The lowest BCUT2D eigenvalue weighted by molar-refractivity contribution is 0.0600. The van der Waals surface area contributed by atoms with Gasteiger partial charge in [0, 0.05) is 24.1 Å². The van der Waals surface area contributed by atoms with Crippen molar-refractivity contribution in [1.82, 2.24) is 10.3 Å². The molecule has 0 fully saturated rings. The Morgan fingerprint density at radius 1 is 1.13 bits per heavy atom. The third kappa shape index (κ3) is 4.54. The molecule has 1 amide bonds. The largest absolute Gasteiger partial charge is 0.465 e. The summed E-state index contributed by atoms with van der Waals surface area (Å²) in [6.45, 7) is 2.61. The van der Waals surface area contributed by atoms with E-state index in [1.165, 1.54) is 7.11 Å². The number of ether oxygens (including phenoxy) is 1. The normalized spacial score (nSPS) is 10.0. The molecule has 0 bridgehead atoms. The Balaban J connectivity index is 2.08. The number of nitrogens with zero attached hydrogens (tertiary/aromatic N) is 1. The molecule has 120 valence electrons. The maximum absolute atomic E-state index is 11.9. The van der Waals surface area contributed by atoms with Crippen LogP contribution in [-0.2, 0) is 4.74 Å². The number of benzene rings is 1. The van der Waals surface area contributed by atoms with Gasteiger partial charge in [0.25, 0.3) is 5.91 Å². The van der Waals surface area contributed by atoms with Gasteiger partial charge in [0.1, 0.15) is 5.69 Å². The second-order valence-electron chi connectivity index (χ2n) is 4.88. The zero-order valence-corrected chi connectivity index (χ0v) is 13.1. The van der Waals surface area contributed by atoms with Crippen LogP contribution in [0.2, 0.25) is 0 Å². The van der Waals surface area contributed by atoms with E-state index in [1.54, 1.807) is 42.6 Å². The van der Waals surface area contributed by atoms with E-state index in [9.17, 15) is 9.59 Å². The van der Waals surface area contributed by atoms with Crippen LogP contribution in [0, 0.1) is 0 Å². The van der Waals surface area contributed by atoms with Crippen LogP contribution in [0.4, 0.5) is 11.4 Å². The maximum atomic E-state index is 11.9. The number of hydrogen-bond donors (Lipinski definition) is 2. The van der Waals surface area contributed by atoms with Gasteiger partial charge in [-0.3, -0.25) is 9.78 Å². The van der Waals surface area contributed by atoms with Gasteiger partial charge in [0.15, 0.2) is 0 Å². The van der Waals surface area contributed by atoms with Gasteiger partial charge in [0.2, 0.25) is 0 Å². The second kappa shape index (κ2) is 7.93. The SMILES string of the molecule is CCCNC(=O)c1cc(Nc2ccc(C(=O)OC)cc2)ccn1. The number of methoxy groups -OCH3 is 1. The molecule has 0 saturated carbocycles. The van der Waals surface area contributed by atoms with Crippen LogP contribution in [0.3, 0.4) is 0 Å². The summed E-state index contributed by atoms with van der Waals surface area (Å²) in [4.78, 5) is 27.4. The number of nitrogens with one attached hydrogen (secondary N) is 2. The number of amides is 1. The van der Waals surface area contributed by atoms with Crippen LogP contribution in [0.1, 0.15) is 34.2 Å². The maximum Gasteiger partial charge on any atom is 0.337 e. The summed E-state index contributed by atoms with van der Waals surface area (Å²) in [7, 11) is 1.34. The third-order valence-electron chi connectivity index (χ3n) is 3.12. The Hall–Kier alpha value is -2.89. The molecule has 2 rings (SSSR count). The van der Waals surface area contributed by atoms with E-state index in [1.807, 2.05) is 6.92 Å². The Kier molecular flexibility index (Phi) is 5.68. The first-order chi connectivity index (χ1) is 11.1. The van der Waals surface area contributed by atoms with Crippen molar-refractivity contribution in [3.8, 4) is 0 Å².